The highest BCUT2D eigenvalue weighted by Gasteiger charge is 2.20. The minimum absolute atomic E-state index is 0. The largest absolute Gasteiger partial charge is 0.338 e. The molecule has 2 N–H and O–H groups in total. The molecule has 2 aromatic rings. The second kappa shape index (κ2) is 9.95. The minimum atomic E-state index is -0.0489. The van der Waals surface area contributed by atoms with Crippen LogP contribution < -0.4 is 10.6 Å². The number of fused-ring (bicyclic) bond motifs is 1. The molecule has 2 amide bonds. The number of amides is 2. The summed E-state index contributed by atoms with van der Waals surface area (Å²) in [7, 11) is 4.17. The van der Waals surface area contributed by atoms with E-state index >= 15 is 0 Å². The highest BCUT2D eigenvalue weighted by molar-refractivity contribution is 7.07. The Labute approximate surface area is 166 Å². The van der Waals surface area contributed by atoms with Gasteiger partial charge in [0.15, 0.2) is 0 Å². The summed E-state index contributed by atoms with van der Waals surface area (Å²) in [5.41, 5.74) is 4.11. The fraction of sp³-hybridized carbons (Fsp3) is 0.450. The summed E-state index contributed by atoms with van der Waals surface area (Å²) < 4.78 is 0. The second-order valence-electron chi connectivity index (χ2n) is 6.93. The van der Waals surface area contributed by atoms with Crippen molar-refractivity contribution in [3.8, 4) is 0 Å². The third kappa shape index (κ3) is 5.47. The number of thiophene rings is 1. The topological polar surface area (TPSA) is 44.4 Å². The van der Waals surface area contributed by atoms with E-state index in [-0.39, 0.29) is 24.5 Å². The molecule has 1 aromatic carbocycles. The van der Waals surface area contributed by atoms with Crippen molar-refractivity contribution in [2.24, 2.45) is 0 Å². The molecule has 142 valence electrons. The van der Waals surface area contributed by atoms with Crippen LogP contribution in [0.15, 0.2) is 41.1 Å². The number of hydrogen-bond donors (Lipinski definition) is 2. The van der Waals surface area contributed by atoms with Gasteiger partial charge in [-0.05, 0) is 73.3 Å². The average molecular weight is 394 g/mol. The Morgan fingerprint density at radius 2 is 2.04 bits per heavy atom. The number of benzene rings is 1. The van der Waals surface area contributed by atoms with Gasteiger partial charge < -0.3 is 15.5 Å². The molecule has 1 aromatic heterocycles. The quantitative estimate of drug-likeness (QED) is 0.778. The molecule has 4 nitrogen and oxygen atoms in total. The summed E-state index contributed by atoms with van der Waals surface area (Å²) in [6.07, 6.45) is 3.89. The van der Waals surface area contributed by atoms with Gasteiger partial charge in [-0.15, -0.1) is 12.4 Å². The van der Waals surface area contributed by atoms with Crippen LogP contribution in [0.4, 0.5) is 4.79 Å². The number of urea groups is 1. The molecule has 0 unspecified atom stereocenters. The third-order valence-electron chi connectivity index (χ3n) is 4.94. The summed E-state index contributed by atoms with van der Waals surface area (Å²) in [5, 5.41) is 10.5. The first kappa shape index (κ1) is 20.7. The molecule has 0 radical (unpaired) electrons. The fourth-order valence-electron chi connectivity index (χ4n) is 3.57. The molecule has 2 atom stereocenters. The van der Waals surface area contributed by atoms with Gasteiger partial charge in [-0.25, -0.2) is 4.79 Å². The predicted molar refractivity (Wildman–Crippen MR) is 111 cm³/mol. The standard InChI is InChI=1S/C20H27N3OS.ClH/c1-23(2)19(17-10-12-25-14-17)9-11-21-20(24)22-18-8-7-15-5-3-4-6-16(15)13-18;/h3-6,10,12,14,18-19H,7-9,11,13H2,1-2H3,(H2,21,22,24);1H/t18-,19+;/m1./s1. The number of halogens is 1. The number of rotatable bonds is 6. The molecular formula is C20H28ClN3OS. The normalized spacial score (nSPS) is 17.1. The van der Waals surface area contributed by atoms with E-state index in [9.17, 15) is 4.79 Å². The van der Waals surface area contributed by atoms with Crippen LogP contribution in [-0.4, -0.2) is 37.6 Å². The second-order valence-corrected chi connectivity index (χ2v) is 7.71. The Bertz CT molecular complexity index is 690. The van der Waals surface area contributed by atoms with Crippen molar-refractivity contribution in [3.63, 3.8) is 0 Å². The van der Waals surface area contributed by atoms with E-state index in [2.05, 4.69) is 70.7 Å². The van der Waals surface area contributed by atoms with Crippen molar-refractivity contribution < 1.29 is 4.79 Å². The molecule has 6 heteroatoms. The van der Waals surface area contributed by atoms with Crippen LogP contribution in [0.1, 0.15) is 35.6 Å². The van der Waals surface area contributed by atoms with E-state index in [1.807, 2.05) is 0 Å². The van der Waals surface area contributed by atoms with Gasteiger partial charge in [0, 0.05) is 18.6 Å². The summed E-state index contributed by atoms with van der Waals surface area (Å²) in [5.74, 6) is 0. The lowest BCUT2D eigenvalue weighted by molar-refractivity contribution is 0.232. The van der Waals surface area contributed by atoms with Gasteiger partial charge in [-0.2, -0.15) is 11.3 Å². The first-order chi connectivity index (χ1) is 12.1. The zero-order valence-electron chi connectivity index (χ0n) is 15.4. The van der Waals surface area contributed by atoms with Crippen LogP contribution in [0.2, 0.25) is 0 Å². The van der Waals surface area contributed by atoms with Crippen LogP contribution in [0, 0.1) is 0 Å². The molecular weight excluding hydrogens is 366 g/mol. The molecule has 26 heavy (non-hydrogen) atoms. The SMILES string of the molecule is CN(C)[C@@H](CCNC(=O)N[C@@H]1CCc2ccccc2C1)c1ccsc1.Cl. The molecule has 1 aliphatic rings. The molecule has 0 saturated heterocycles. The molecule has 0 fully saturated rings. The average Bonchev–Trinajstić information content (AvgIpc) is 3.12. The number of aryl methyl sites for hydroxylation is 1. The van der Waals surface area contributed by atoms with E-state index in [0.717, 1.165) is 25.7 Å². The van der Waals surface area contributed by atoms with Crippen LogP contribution in [0.25, 0.3) is 0 Å². The van der Waals surface area contributed by atoms with Crippen molar-refractivity contribution in [1.82, 2.24) is 15.5 Å². The van der Waals surface area contributed by atoms with Crippen molar-refractivity contribution in [2.45, 2.75) is 37.8 Å². The highest BCUT2D eigenvalue weighted by Crippen LogP contribution is 2.24. The lowest BCUT2D eigenvalue weighted by atomic mass is 9.88. The summed E-state index contributed by atoms with van der Waals surface area (Å²) in [6.45, 7) is 0.674. The predicted octanol–water partition coefficient (Wildman–Crippen LogP) is 4.02. The fourth-order valence-corrected chi connectivity index (χ4v) is 4.27. The van der Waals surface area contributed by atoms with Crippen molar-refractivity contribution in [3.05, 3.63) is 57.8 Å². The smallest absolute Gasteiger partial charge is 0.315 e. The Hall–Kier alpha value is -1.56. The zero-order valence-corrected chi connectivity index (χ0v) is 17.0. The van der Waals surface area contributed by atoms with Crippen LogP contribution >= 0.6 is 23.7 Å². The van der Waals surface area contributed by atoms with Crippen molar-refractivity contribution in [1.29, 1.82) is 0 Å². The highest BCUT2D eigenvalue weighted by atomic mass is 35.5. The van der Waals surface area contributed by atoms with Crippen LogP contribution in [0.3, 0.4) is 0 Å². The lowest BCUT2D eigenvalue weighted by Gasteiger charge is -2.26. The summed E-state index contributed by atoms with van der Waals surface area (Å²) >= 11 is 1.72. The Morgan fingerprint density at radius 1 is 1.27 bits per heavy atom. The Kier molecular flexibility index (Phi) is 7.94. The summed E-state index contributed by atoms with van der Waals surface area (Å²) in [6, 6.07) is 11.2. The first-order valence-corrected chi connectivity index (χ1v) is 9.87. The maximum Gasteiger partial charge on any atom is 0.315 e. The van der Waals surface area contributed by atoms with Crippen molar-refractivity contribution >= 4 is 29.8 Å². The van der Waals surface area contributed by atoms with E-state index in [0.29, 0.717) is 12.6 Å². The van der Waals surface area contributed by atoms with Gasteiger partial charge in [0.1, 0.15) is 0 Å². The van der Waals surface area contributed by atoms with E-state index in [1.165, 1.54) is 16.7 Å². The van der Waals surface area contributed by atoms with Crippen LogP contribution in [0.5, 0.6) is 0 Å². The van der Waals surface area contributed by atoms with Gasteiger partial charge in [-0.1, -0.05) is 24.3 Å². The third-order valence-corrected chi connectivity index (χ3v) is 5.64. The Balaban J connectivity index is 0.00000243. The molecule has 1 aliphatic carbocycles. The van der Waals surface area contributed by atoms with Crippen molar-refractivity contribution in [2.75, 3.05) is 20.6 Å². The van der Waals surface area contributed by atoms with E-state index < -0.39 is 0 Å². The van der Waals surface area contributed by atoms with Gasteiger partial charge in [0.2, 0.25) is 0 Å². The number of carbonyl (C=O) groups excluding carboxylic acids is 1. The van der Waals surface area contributed by atoms with Gasteiger partial charge >= 0.3 is 6.03 Å². The van der Waals surface area contributed by atoms with E-state index in [1.54, 1.807) is 11.3 Å². The number of nitrogens with zero attached hydrogens (tertiary/aromatic N) is 1. The molecule has 0 saturated carbocycles. The Morgan fingerprint density at radius 3 is 2.73 bits per heavy atom. The van der Waals surface area contributed by atoms with E-state index in [4.69, 9.17) is 0 Å². The number of hydrogen-bond acceptors (Lipinski definition) is 3. The molecule has 0 spiro atoms. The monoisotopic (exact) mass is 393 g/mol. The minimum Gasteiger partial charge on any atom is -0.338 e. The maximum absolute atomic E-state index is 12.2. The van der Waals surface area contributed by atoms with Gasteiger partial charge in [0.05, 0.1) is 0 Å². The zero-order chi connectivity index (χ0) is 17.6. The number of nitrogens with one attached hydrogen (secondary N) is 2. The molecule has 0 aliphatic heterocycles. The van der Waals surface area contributed by atoms with Gasteiger partial charge in [0.25, 0.3) is 0 Å². The first-order valence-electron chi connectivity index (χ1n) is 8.93. The lowest BCUT2D eigenvalue weighted by Crippen LogP contribution is -2.45. The molecule has 1 heterocycles. The molecule has 0 bridgehead atoms. The van der Waals surface area contributed by atoms with Gasteiger partial charge in [-0.3, -0.25) is 0 Å². The van der Waals surface area contributed by atoms with Crippen LogP contribution in [-0.2, 0) is 12.8 Å². The molecule has 3 rings (SSSR count). The number of carbonyl (C=O) groups is 1. The maximum atomic E-state index is 12.2. The summed E-state index contributed by atoms with van der Waals surface area (Å²) in [4.78, 5) is 14.4.